The molecule has 1 aromatic heterocycles. The number of likely N-dealkylation sites (N-methyl/N-ethyl adjacent to an activating group) is 1. The highest BCUT2D eigenvalue weighted by atomic mass is 32.2. The normalized spacial score (nSPS) is 16.5. The monoisotopic (exact) mass is 543 g/mol. The van der Waals surface area contributed by atoms with E-state index in [1.807, 2.05) is 56.3 Å². The average molecular weight is 544 g/mol. The van der Waals surface area contributed by atoms with Gasteiger partial charge in [-0.25, -0.2) is 13.4 Å². The van der Waals surface area contributed by atoms with Crippen LogP contribution in [0.15, 0.2) is 76.7 Å². The van der Waals surface area contributed by atoms with Gasteiger partial charge in [0.05, 0.1) is 27.2 Å². The molecule has 4 aromatic rings. The molecular formula is C30H33N5O3S. The van der Waals surface area contributed by atoms with Crippen LogP contribution < -0.4 is 14.8 Å². The quantitative estimate of drug-likeness (QED) is 0.364. The fraction of sp³-hybridized carbons (Fsp3) is 0.333. The molecule has 1 saturated heterocycles. The molecule has 0 unspecified atom stereocenters. The Labute approximate surface area is 229 Å². The van der Waals surface area contributed by atoms with Crippen molar-refractivity contribution in [1.82, 2.24) is 14.5 Å². The van der Waals surface area contributed by atoms with Crippen molar-refractivity contribution in [2.75, 3.05) is 42.4 Å². The van der Waals surface area contributed by atoms with Crippen molar-refractivity contribution in [3.63, 3.8) is 0 Å². The van der Waals surface area contributed by atoms with E-state index in [4.69, 9.17) is 0 Å². The Morgan fingerprint density at radius 1 is 0.897 bits per heavy atom. The summed E-state index contributed by atoms with van der Waals surface area (Å²) in [4.78, 5) is 23.3. The lowest BCUT2D eigenvalue weighted by molar-refractivity contribution is 0.313. The van der Waals surface area contributed by atoms with E-state index in [1.54, 1.807) is 29.1 Å². The van der Waals surface area contributed by atoms with Gasteiger partial charge in [0.15, 0.2) is 0 Å². The lowest BCUT2D eigenvalue weighted by Gasteiger charge is -2.34. The van der Waals surface area contributed by atoms with Crippen molar-refractivity contribution in [2.24, 2.45) is 0 Å². The Hall–Kier alpha value is -3.69. The first-order valence-corrected chi connectivity index (χ1v) is 14.8. The molecule has 1 aliphatic heterocycles. The van der Waals surface area contributed by atoms with E-state index < -0.39 is 10.0 Å². The van der Waals surface area contributed by atoms with Gasteiger partial charge in [0.1, 0.15) is 6.33 Å². The van der Waals surface area contributed by atoms with Crippen LogP contribution in [0.25, 0.3) is 16.6 Å². The zero-order valence-electron chi connectivity index (χ0n) is 22.5. The maximum absolute atomic E-state index is 13.8. The van der Waals surface area contributed by atoms with Crippen LogP contribution >= 0.6 is 0 Å². The van der Waals surface area contributed by atoms with Gasteiger partial charge < -0.3 is 9.80 Å². The molecule has 2 aliphatic rings. The van der Waals surface area contributed by atoms with Crippen molar-refractivity contribution in [1.29, 1.82) is 0 Å². The molecule has 0 N–H and O–H groups in total. The molecule has 3 aromatic carbocycles. The van der Waals surface area contributed by atoms with E-state index >= 15 is 0 Å². The molecule has 6 rings (SSSR count). The van der Waals surface area contributed by atoms with Gasteiger partial charge in [-0.2, -0.15) is 0 Å². The molecule has 1 saturated carbocycles. The van der Waals surface area contributed by atoms with Crippen molar-refractivity contribution < 1.29 is 8.42 Å². The molecule has 202 valence electrons. The molecule has 0 amide bonds. The number of rotatable bonds is 6. The summed E-state index contributed by atoms with van der Waals surface area (Å²) in [5.74, 6) is 0. The van der Waals surface area contributed by atoms with Gasteiger partial charge in [0.25, 0.3) is 15.6 Å². The minimum Gasteiger partial charge on any atom is -0.369 e. The Kier molecular flexibility index (Phi) is 6.43. The fourth-order valence-electron chi connectivity index (χ4n) is 5.22. The molecule has 8 nitrogen and oxygen atoms in total. The van der Waals surface area contributed by atoms with Gasteiger partial charge in [0, 0.05) is 37.9 Å². The van der Waals surface area contributed by atoms with Gasteiger partial charge in [0.2, 0.25) is 0 Å². The van der Waals surface area contributed by atoms with Crippen LogP contribution in [0.1, 0.15) is 24.0 Å². The first kappa shape index (κ1) is 25.6. The van der Waals surface area contributed by atoms with Crippen LogP contribution in [0, 0.1) is 13.8 Å². The van der Waals surface area contributed by atoms with Gasteiger partial charge >= 0.3 is 0 Å². The fourth-order valence-corrected chi connectivity index (χ4v) is 6.92. The topological polar surface area (TPSA) is 78.8 Å². The molecule has 2 fully saturated rings. The summed E-state index contributed by atoms with van der Waals surface area (Å²) in [6.07, 6.45) is 3.16. The molecule has 0 bridgehead atoms. The average Bonchev–Trinajstić information content (AvgIpc) is 3.76. The summed E-state index contributed by atoms with van der Waals surface area (Å²) in [5.41, 5.74) is 4.53. The van der Waals surface area contributed by atoms with Crippen molar-refractivity contribution >= 4 is 32.3 Å². The predicted octanol–water partition coefficient (Wildman–Crippen LogP) is 4.11. The van der Waals surface area contributed by atoms with Gasteiger partial charge in [-0.3, -0.25) is 13.7 Å². The Morgan fingerprint density at radius 3 is 2.31 bits per heavy atom. The molecule has 0 spiro atoms. The number of anilines is 2. The summed E-state index contributed by atoms with van der Waals surface area (Å²) < 4.78 is 30.6. The summed E-state index contributed by atoms with van der Waals surface area (Å²) in [6, 6.07) is 18.2. The van der Waals surface area contributed by atoms with Crippen LogP contribution in [-0.4, -0.2) is 62.1 Å². The Morgan fingerprint density at radius 2 is 1.62 bits per heavy atom. The van der Waals surface area contributed by atoms with Crippen LogP contribution in [0.4, 0.5) is 11.4 Å². The number of hydrogen-bond donors (Lipinski definition) is 0. The second-order valence-corrected chi connectivity index (χ2v) is 12.5. The molecule has 0 radical (unpaired) electrons. The number of benzene rings is 3. The number of aromatic nitrogens is 2. The number of hydrogen-bond acceptors (Lipinski definition) is 6. The molecule has 2 heterocycles. The highest BCUT2D eigenvalue weighted by Gasteiger charge is 2.38. The number of piperazine rings is 1. The zero-order chi connectivity index (χ0) is 27.3. The van der Waals surface area contributed by atoms with E-state index in [0.717, 1.165) is 55.8 Å². The van der Waals surface area contributed by atoms with E-state index in [2.05, 4.69) is 21.8 Å². The van der Waals surface area contributed by atoms with Crippen LogP contribution in [0.3, 0.4) is 0 Å². The minimum absolute atomic E-state index is 0.0931. The summed E-state index contributed by atoms with van der Waals surface area (Å²) in [6.45, 7) is 7.62. The van der Waals surface area contributed by atoms with E-state index in [1.165, 1.54) is 4.31 Å². The van der Waals surface area contributed by atoms with Gasteiger partial charge in [-0.05, 0) is 81.8 Å². The zero-order valence-corrected chi connectivity index (χ0v) is 23.4. The smallest absolute Gasteiger partial charge is 0.265 e. The lowest BCUT2D eigenvalue weighted by Crippen LogP contribution is -2.44. The molecule has 39 heavy (non-hydrogen) atoms. The number of fused-ring (bicyclic) bond motifs is 1. The first-order chi connectivity index (χ1) is 18.7. The first-order valence-electron chi connectivity index (χ1n) is 13.4. The highest BCUT2D eigenvalue weighted by molar-refractivity contribution is 7.92. The summed E-state index contributed by atoms with van der Waals surface area (Å²) in [5, 5.41) is 0.546. The summed E-state index contributed by atoms with van der Waals surface area (Å²) in [7, 11) is -1.65. The minimum atomic E-state index is -3.76. The third-order valence-electron chi connectivity index (χ3n) is 7.77. The molecular weight excluding hydrogens is 510 g/mol. The third-order valence-corrected chi connectivity index (χ3v) is 9.67. The second-order valence-electron chi connectivity index (χ2n) is 10.7. The number of aryl methyl sites for hydroxylation is 2. The maximum Gasteiger partial charge on any atom is 0.265 e. The summed E-state index contributed by atoms with van der Waals surface area (Å²) >= 11 is 0. The number of sulfonamides is 1. The predicted molar refractivity (Wildman–Crippen MR) is 156 cm³/mol. The number of nitrogens with zero attached hydrogens (tertiary/aromatic N) is 5. The standard InChI is InChI=1S/C30H33N5O3S/c1-21-4-11-26(12-5-21)39(37,38)35(23-8-9-23)25-7-6-22(2)29(19-25)34-20-31-28-13-10-24(18-27(28)30(34)36)33-16-14-32(3)15-17-33/h4-7,10-13,18-20,23H,8-9,14-17H2,1-3H3. The second kappa shape index (κ2) is 9.81. The van der Waals surface area contributed by atoms with E-state index in [-0.39, 0.29) is 16.5 Å². The van der Waals surface area contributed by atoms with E-state index in [9.17, 15) is 13.2 Å². The Bertz CT molecular complexity index is 1700. The van der Waals surface area contributed by atoms with Crippen LogP contribution in [0.5, 0.6) is 0 Å². The molecule has 9 heteroatoms. The van der Waals surface area contributed by atoms with Gasteiger partial charge in [-0.15, -0.1) is 0 Å². The molecule has 1 aliphatic carbocycles. The van der Waals surface area contributed by atoms with Crippen LogP contribution in [0.2, 0.25) is 0 Å². The largest absolute Gasteiger partial charge is 0.369 e. The highest BCUT2D eigenvalue weighted by Crippen LogP contribution is 2.38. The van der Waals surface area contributed by atoms with Gasteiger partial charge in [-0.1, -0.05) is 23.8 Å². The Balaban J connectivity index is 1.42. The third kappa shape index (κ3) is 4.81. The van der Waals surface area contributed by atoms with Crippen molar-refractivity contribution in [3.8, 4) is 5.69 Å². The molecule has 0 atom stereocenters. The van der Waals surface area contributed by atoms with Crippen molar-refractivity contribution in [3.05, 3.63) is 88.5 Å². The van der Waals surface area contributed by atoms with Crippen molar-refractivity contribution in [2.45, 2.75) is 37.6 Å². The SMILES string of the molecule is Cc1ccc(S(=O)(=O)N(c2ccc(C)c(-n3cnc4ccc(N5CCN(C)CC5)cc4c3=O)c2)C2CC2)cc1. The lowest BCUT2D eigenvalue weighted by atomic mass is 10.1. The van der Waals surface area contributed by atoms with Crippen LogP contribution in [-0.2, 0) is 10.0 Å². The maximum atomic E-state index is 13.8. The van der Waals surface area contributed by atoms with E-state index in [0.29, 0.717) is 22.3 Å².